The lowest BCUT2D eigenvalue weighted by Crippen LogP contribution is -2.15. The molecule has 0 N–H and O–H groups in total. The van der Waals surface area contributed by atoms with E-state index in [1.54, 1.807) is 0 Å². The number of unbranched alkanes of at least 4 members (excludes halogenated alkanes) is 1. The fraction of sp³-hybridized carbons (Fsp3) is 1.00. The summed E-state index contributed by atoms with van der Waals surface area (Å²) < 4.78 is 0.439. The maximum Gasteiger partial charge on any atom is 0.00778 e. The minimum absolute atomic E-state index is 0.439. The van der Waals surface area contributed by atoms with Gasteiger partial charge in [0.1, 0.15) is 0 Å². The lowest BCUT2D eigenvalue weighted by molar-refractivity contribution is 0.659. The SMILES string of the molecule is CCCCC(CC)SC(C)(C)C. The van der Waals surface area contributed by atoms with Gasteiger partial charge in [-0.25, -0.2) is 0 Å². The zero-order valence-electron chi connectivity index (χ0n) is 9.31. The third-order valence-electron chi connectivity index (χ3n) is 1.86. The van der Waals surface area contributed by atoms with Crippen molar-refractivity contribution in [1.82, 2.24) is 0 Å². The minimum atomic E-state index is 0.439. The summed E-state index contributed by atoms with van der Waals surface area (Å²) in [7, 11) is 0. The Kier molecular flexibility index (Phi) is 6.08. The molecular weight excluding hydrogens is 164 g/mol. The fourth-order valence-electron chi connectivity index (χ4n) is 1.28. The van der Waals surface area contributed by atoms with Crippen LogP contribution in [-0.4, -0.2) is 10.00 Å². The first-order chi connectivity index (χ1) is 5.49. The highest BCUT2D eigenvalue weighted by Crippen LogP contribution is 2.32. The maximum absolute atomic E-state index is 2.31. The molecule has 0 nitrogen and oxygen atoms in total. The molecule has 1 atom stereocenters. The summed E-state index contributed by atoms with van der Waals surface area (Å²) in [5.41, 5.74) is 0. The van der Waals surface area contributed by atoms with Gasteiger partial charge in [0.25, 0.3) is 0 Å². The molecule has 0 aliphatic rings. The molecule has 0 aliphatic carbocycles. The zero-order valence-corrected chi connectivity index (χ0v) is 10.1. The quantitative estimate of drug-likeness (QED) is 0.612. The summed E-state index contributed by atoms with van der Waals surface area (Å²) in [5, 5.41) is 0.880. The predicted octanol–water partition coefficient (Wildman–Crippen LogP) is 4.49. The number of hydrogen-bond acceptors (Lipinski definition) is 1. The van der Waals surface area contributed by atoms with Crippen LogP contribution < -0.4 is 0 Å². The van der Waals surface area contributed by atoms with Crippen molar-refractivity contribution < 1.29 is 0 Å². The van der Waals surface area contributed by atoms with Crippen LogP contribution in [0.25, 0.3) is 0 Å². The van der Waals surface area contributed by atoms with E-state index in [0.29, 0.717) is 4.75 Å². The molecule has 12 heavy (non-hydrogen) atoms. The Balaban J connectivity index is 3.67. The average Bonchev–Trinajstić information content (AvgIpc) is 1.95. The highest BCUT2D eigenvalue weighted by atomic mass is 32.2. The third kappa shape index (κ3) is 7.02. The summed E-state index contributed by atoms with van der Waals surface area (Å²) >= 11 is 2.14. The van der Waals surface area contributed by atoms with Gasteiger partial charge in [0.2, 0.25) is 0 Å². The third-order valence-corrected chi connectivity index (χ3v) is 3.46. The monoisotopic (exact) mass is 188 g/mol. The van der Waals surface area contributed by atoms with Gasteiger partial charge >= 0.3 is 0 Å². The molecule has 1 heteroatoms. The van der Waals surface area contributed by atoms with E-state index >= 15 is 0 Å². The summed E-state index contributed by atoms with van der Waals surface area (Å²) in [5.74, 6) is 0. The molecule has 0 spiro atoms. The van der Waals surface area contributed by atoms with Gasteiger partial charge in [-0.3, -0.25) is 0 Å². The minimum Gasteiger partial charge on any atom is -0.153 e. The Labute approximate surface area is 82.5 Å². The first-order valence-electron chi connectivity index (χ1n) is 5.17. The topological polar surface area (TPSA) is 0 Å². The van der Waals surface area contributed by atoms with Crippen LogP contribution in [0.15, 0.2) is 0 Å². The Morgan fingerprint density at radius 1 is 1.17 bits per heavy atom. The summed E-state index contributed by atoms with van der Waals surface area (Å²) in [6.45, 7) is 11.5. The molecule has 0 radical (unpaired) electrons. The van der Waals surface area contributed by atoms with Crippen molar-refractivity contribution in [2.45, 2.75) is 70.3 Å². The largest absolute Gasteiger partial charge is 0.153 e. The van der Waals surface area contributed by atoms with Gasteiger partial charge in [-0.2, -0.15) is 11.8 Å². The van der Waals surface area contributed by atoms with E-state index < -0.39 is 0 Å². The van der Waals surface area contributed by atoms with Crippen molar-refractivity contribution in [1.29, 1.82) is 0 Å². The van der Waals surface area contributed by atoms with Crippen LogP contribution in [-0.2, 0) is 0 Å². The van der Waals surface area contributed by atoms with Gasteiger partial charge in [-0.05, 0) is 12.8 Å². The molecule has 0 amide bonds. The molecule has 74 valence electrons. The van der Waals surface area contributed by atoms with E-state index in [9.17, 15) is 0 Å². The highest BCUT2D eigenvalue weighted by Gasteiger charge is 2.16. The van der Waals surface area contributed by atoms with Gasteiger partial charge in [0, 0.05) is 10.00 Å². The lowest BCUT2D eigenvalue weighted by atomic mass is 10.2. The second-order valence-corrected chi connectivity index (χ2v) is 6.53. The van der Waals surface area contributed by atoms with Gasteiger partial charge in [-0.1, -0.05) is 47.5 Å². The van der Waals surface area contributed by atoms with Crippen LogP contribution in [0, 0.1) is 0 Å². The Morgan fingerprint density at radius 2 is 1.75 bits per heavy atom. The van der Waals surface area contributed by atoms with Crippen molar-refractivity contribution in [3.05, 3.63) is 0 Å². The van der Waals surface area contributed by atoms with E-state index in [1.165, 1.54) is 25.7 Å². The smallest absolute Gasteiger partial charge is 0.00778 e. The molecule has 0 saturated carbocycles. The van der Waals surface area contributed by atoms with Gasteiger partial charge in [0.15, 0.2) is 0 Å². The fourth-order valence-corrected chi connectivity index (χ4v) is 2.73. The molecule has 0 rings (SSSR count). The zero-order chi connectivity index (χ0) is 9.61. The van der Waals surface area contributed by atoms with E-state index in [4.69, 9.17) is 0 Å². The van der Waals surface area contributed by atoms with Crippen LogP contribution in [0.5, 0.6) is 0 Å². The van der Waals surface area contributed by atoms with Crippen LogP contribution in [0.4, 0.5) is 0 Å². The normalized spacial score (nSPS) is 14.8. The predicted molar refractivity (Wildman–Crippen MR) is 60.9 cm³/mol. The molecule has 0 aromatic rings. The number of hydrogen-bond donors (Lipinski definition) is 0. The molecule has 0 heterocycles. The first-order valence-corrected chi connectivity index (χ1v) is 6.05. The first kappa shape index (κ1) is 12.3. The molecule has 1 unspecified atom stereocenters. The van der Waals surface area contributed by atoms with Crippen molar-refractivity contribution in [2.75, 3.05) is 0 Å². The number of rotatable bonds is 5. The van der Waals surface area contributed by atoms with Crippen molar-refractivity contribution in [3.8, 4) is 0 Å². The summed E-state index contributed by atoms with van der Waals surface area (Å²) in [6.07, 6.45) is 5.44. The standard InChI is InChI=1S/C11H24S/c1-6-8-9-10(7-2)12-11(3,4)5/h10H,6-9H2,1-5H3. The van der Waals surface area contributed by atoms with Crippen LogP contribution >= 0.6 is 11.8 Å². The number of thioether (sulfide) groups is 1. The molecule has 0 aromatic carbocycles. The van der Waals surface area contributed by atoms with E-state index in [0.717, 1.165) is 5.25 Å². The van der Waals surface area contributed by atoms with Gasteiger partial charge < -0.3 is 0 Å². The molecule has 0 aromatic heterocycles. The van der Waals surface area contributed by atoms with E-state index in [-0.39, 0.29) is 0 Å². The molecule has 0 saturated heterocycles. The average molecular weight is 188 g/mol. The molecule has 0 aliphatic heterocycles. The molecular formula is C11H24S. The Hall–Kier alpha value is 0.350. The van der Waals surface area contributed by atoms with Crippen molar-refractivity contribution in [3.63, 3.8) is 0 Å². The Morgan fingerprint density at radius 3 is 2.08 bits per heavy atom. The highest BCUT2D eigenvalue weighted by molar-refractivity contribution is 8.01. The van der Waals surface area contributed by atoms with Crippen LogP contribution in [0.3, 0.4) is 0 Å². The van der Waals surface area contributed by atoms with E-state index in [2.05, 4.69) is 46.4 Å². The maximum atomic E-state index is 2.31. The molecule has 0 fully saturated rings. The van der Waals surface area contributed by atoms with Crippen molar-refractivity contribution in [2.24, 2.45) is 0 Å². The summed E-state index contributed by atoms with van der Waals surface area (Å²) in [6, 6.07) is 0. The van der Waals surface area contributed by atoms with Crippen LogP contribution in [0.1, 0.15) is 60.3 Å². The molecule has 0 bridgehead atoms. The second kappa shape index (κ2) is 5.90. The van der Waals surface area contributed by atoms with Crippen LogP contribution in [0.2, 0.25) is 0 Å². The van der Waals surface area contributed by atoms with Gasteiger partial charge in [-0.15, -0.1) is 0 Å². The second-order valence-electron chi connectivity index (χ2n) is 4.40. The van der Waals surface area contributed by atoms with Gasteiger partial charge in [0.05, 0.1) is 0 Å². The lowest BCUT2D eigenvalue weighted by Gasteiger charge is -2.24. The van der Waals surface area contributed by atoms with E-state index in [1.807, 2.05) is 0 Å². The Bertz CT molecular complexity index is 102. The summed E-state index contributed by atoms with van der Waals surface area (Å²) in [4.78, 5) is 0. The van der Waals surface area contributed by atoms with Crippen molar-refractivity contribution >= 4 is 11.8 Å².